The van der Waals surface area contributed by atoms with Crippen LogP contribution >= 0.6 is 0 Å². The number of rotatable bonds is 5. The average molecular weight is 274 g/mol. The highest BCUT2D eigenvalue weighted by molar-refractivity contribution is 5.79. The molecule has 0 saturated heterocycles. The molecule has 3 nitrogen and oxygen atoms in total. The first-order valence-electron chi connectivity index (χ1n) is 7.77. The molecule has 1 aliphatic carbocycles. The van der Waals surface area contributed by atoms with Crippen LogP contribution in [0.1, 0.15) is 55.8 Å². The number of carbonyl (C=O) groups is 1. The van der Waals surface area contributed by atoms with Gasteiger partial charge >= 0.3 is 0 Å². The summed E-state index contributed by atoms with van der Waals surface area (Å²) in [5, 5.41) is 3.09. The summed E-state index contributed by atoms with van der Waals surface area (Å²) in [4.78, 5) is 12.1. The van der Waals surface area contributed by atoms with E-state index in [1.54, 1.807) is 0 Å². The van der Waals surface area contributed by atoms with Gasteiger partial charge in [-0.1, -0.05) is 25.1 Å². The van der Waals surface area contributed by atoms with Gasteiger partial charge in [-0.25, -0.2) is 0 Å². The Bertz CT molecular complexity index is 466. The fourth-order valence-electron chi connectivity index (χ4n) is 2.90. The van der Waals surface area contributed by atoms with Gasteiger partial charge in [0.2, 0.25) is 5.91 Å². The molecule has 1 amide bonds. The highest BCUT2D eigenvalue weighted by Crippen LogP contribution is 2.24. The zero-order valence-corrected chi connectivity index (χ0v) is 12.6. The van der Waals surface area contributed by atoms with Gasteiger partial charge in [-0.2, -0.15) is 0 Å². The van der Waals surface area contributed by atoms with Crippen LogP contribution in [-0.2, 0) is 17.6 Å². The highest BCUT2D eigenvalue weighted by atomic mass is 16.1. The molecule has 2 atom stereocenters. The van der Waals surface area contributed by atoms with Crippen LogP contribution in [0.25, 0.3) is 0 Å². The second kappa shape index (κ2) is 6.89. The van der Waals surface area contributed by atoms with Gasteiger partial charge in [0.25, 0.3) is 0 Å². The number of nitrogens with one attached hydrogen (secondary N) is 1. The maximum Gasteiger partial charge on any atom is 0.224 e. The van der Waals surface area contributed by atoms with E-state index < -0.39 is 0 Å². The first kappa shape index (κ1) is 15.0. The lowest BCUT2D eigenvalue weighted by Gasteiger charge is -2.21. The summed E-state index contributed by atoms with van der Waals surface area (Å²) in [5.74, 6) is -0.00435. The lowest BCUT2D eigenvalue weighted by atomic mass is 9.89. The van der Waals surface area contributed by atoms with Crippen molar-refractivity contribution in [3.63, 3.8) is 0 Å². The quantitative estimate of drug-likeness (QED) is 0.867. The summed E-state index contributed by atoms with van der Waals surface area (Å²) in [7, 11) is 0. The second-order valence-corrected chi connectivity index (χ2v) is 5.81. The lowest BCUT2D eigenvalue weighted by molar-refractivity contribution is -0.125. The van der Waals surface area contributed by atoms with E-state index in [2.05, 4.69) is 23.5 Å². The highest BCUT2D eigenvalue weighted by Gasteiger charge is 2.18. The Labute approximate surface area is 121 Å². The standard InChI is InChI=1S/C17H26N2O/c1-3-13(11-18)17(20)19-12(2)15-9-8-14-6-4-5-7-16(14)10-15/h8-10,12-13H,3-7,11,18H2,1-2H3,(H,19,20). The SMILES string of the molecule is CCC(CN)C(=O)NC(C)c1ccc2c(c1)CCCC2. The van der Waals surface area contributed by atoms with Crippen LogP contribution in [0.3, 0.4) is 0 Å². The van der Waals surface area contributed by atoms with E-state index in [1.807, 2.05) is 13.8 Å². The topological polar surface area (TPSA) is 55.1 Å². The molecule has 0 bridgehead atoms. The molecule has 1 aromatic carbocycles. The van der Waals surface area contributed by atoms with E-state index in [4.69, 9.17) is 5.73 Å². The van der Waals surface area contributed by atoms with Crippen molar-refractivity contribution < 1.29 is 4.79 Å². The zero-order chi connectivity index (χ0) is 14.5. The van der Waals surface area contributed by atoms with E-state index in [1.165, 1.54) is 42.4 Å². The van der Waals surface area contributed by atoms with Gasteiger partial charge in [0.1, 0.15) is 0 Å². The molecule has 20 heavy (non-hydrogen) atoms. The molecule has 0 saturated carbocycles. The Hall–Kier alpha value is -1.35. The third-order valence-electron chi connectivity index (χ3n) is 4.38. The van der Waals surface area contributed by atoms with Crippen molar-refractivity contribution >= 4 is 5.91 Å². The molecule has 0 heterocycles. The van der Waals surface area contributed by atoms with Gasteiger partial charge in [-0.15, -0.1) is 0 Å². The van der Waals surface area contributed by atoms with Gasteiger partial charge in [0.15, 0.2) is 0 Å². The van der Waals surface area contributed by atoms with Crippen molar-refractivity contribution in [3.05, 3.63) is 34.9 Å². The minimum Gasteiger partial charge on any atom is -0.349 e. The van der Waals surface area contributed by atoms with Crippen molar-refractivity contribution in [2.75, 3.05) is 6.54 Å². The van der Waals surface area contributed by atoms with Crippen LogP contribution in [0.4, 0.5) is 0 Å². The minimum atomic E-state index is -0.0740. The first-order chi connectivity index (χ1) is 9.65. The number of carbonyl (C=O) groups excluding carboxylic acids is 1. The first-order valence-corrected chi connectivity index (χ1v) is 7.77. The van der Waals surface area contributed by atoms with Crippen LogP contribution in [0, 0.1) is 5.92 Å². The monoisotopic (exact) mass is 274 g/mol. The summed E-state index contributed by atoms with van der Waals surface area (Å²) in [5.41, 5.74) is 9.77. The molecular weight excluding hydrogens is 248 g/mol. The average Bonchev–Trinajstić information content (AvgIpc) is 2.48. The summed E-state index contributed by atoms with van der Waals surface area (Å²) in [6, 6.07) is 6.70. The smallest absolute Gasteiger partial charge is 0.224 e. The number of aryl methyl sites for hydroxylation is 2. The van der Waals surface area contributed by atoms with Crippen LogP contribution in [-0.4, -0.2) is 12.5 Å². The Morgan fingerprint density at radius 1 is 1.30 bits per heavy atom. The predicted molar refractivity (Wildman–Crippen MR) is 82.5 cm³/mol. The number of hydrogen-bond donors (Lipinski definition) is 2. The van der Waals surface area contributed by atoms with Crippen molar-refractivity contribution in [1.82, 2.24) is 5.32 Å². The Morgan fingerprint density at radius 3 is 2.65 bits per heavy atom. The maximum absolute atomic E-state index is 12.1. The summed E-state index contributed by atoms with van der Waals surface area (Å²) in [6.07, 6.45) is 5.74. The molecule has 0 aliphatic heterocycles. The van der Waals surface area contributed by atoms with Gasteiger partial charge in [-0.05, 0) is 55.7 Å². The van der Waals surface area contributed by atoms with Crippen molar-refractivity contribution in [2.45, 2.75) is 52.0 Å². The van der Waals surface area contributed by atoms with Crippen molar-refractivity contribution in [2.24, 2.45) is 11.7 Å². The number of fused-ring (bicyclic) bond motifs is 1. The van der Waals surface area contributed by atoms with Gasteiger partial charge in [0, 0.05) is 12.5 Å². The molecule has 0 fully saturated rings. The fraction of sp³-hybridized carbons (Fsp3) is 0.588. The van der Waals surface area contributed by atoms with Crippen LogP contribution in [0.15, 0.2) is 18.2 Å². The minimum absolute atomic E-state index is 0.0512. The van der Waals surface area contributed by atoms with Crippen molar-refractivity contribution in [3.8, 4) is 0 Å². The zero-order valence-electron chi connectivity index (χ0n) is 12.6. The molecule has 0 aromatic heterocycles. The van der Waals surface area contributed by atoms with Crippen LogP contribution in [0.5, 0.6) is 0 Å². The Kier molecular flexibility index (Phi) is 5.18. The molecule has 3 N–H and O–H groups in total. The van der Waals surface area contributed by atoms with E-state index in [-0.39, 0.29) is 17.9 Å². The largest absolute Gasteiger partial charge is 0.349 e. The molecular formula is C17H26N2O. The fourth-order valence-corrected chi connectivity index (χ4v) is 2.90. The number of amides is 1. The van der Waals surface area contributed by atoms with Crippen LogP contribution in [0.2, 0.25) is 0 Å². The van der Waals surface area contributed by atoms with E-state index in [0.717, 1.165) is 6.42 Å². The van der Waals surface area contributed by atoms with Crippen LogP contribution < -0.4 is 11.1 Å². The molecule has 1 aliphatic rings. The number of benzene rings is 1. The summed E-state index contributed by atoms with van der Waals surface area (Å²) in [6.45, 7) is 4.46. The van der Waals surface area contributed by atoms with Crippen molar-refractivity contribution in [1.29, 1.82) is 0 Å². The molecule has 2 unspecified atom stereocenters. The van der Waals surface area contributed by atoms with E-state index in [0.29, 0.717) is 6.54 Å². The van der Waals surface area contributed by atoms with E-state index in [9.17, 15) is 4.79 Å². The van der Waals surface area contributed by atoms with Gasteiger partial charge in [-0.3, -0.25) is 4.79 Å². The number of hydrogen-bond acceptors (Lipinski definition) is 2. The third-order valence-corrected chi connectivity index (χ3v) is 4.38. The molecule has 0 spiro atoms. The normalized spacial score (nSPS) is 17.1. The molecule has 1 aromatic rings. The Morgan fingerprint density at radius 2 is 2.00 bits per heavy atom. The maximum atomic E-state index is 12.1. The molecule has 2 rings (SSSR count). The summed E-state index contributed by atoms with van der Waals surface area (Å²) < 4.78 is 0. The Balaban J connectivity index is 2.05. The molecule has 3 heteroatoms. The second-order valence-electron chi connectivity index (χ2n) is 5.81. The molecule has 110 valence electrons. The van der Waals surface area contributed by atoms with E-state index >= 15 is 0 Å². The van der Waals surface area contributed by atoms with Gasteiger partial charge in [0.05, 0.1) is 6.04 Å². The van der Waals surface area contributed by atoms with Gasteiger partial charge < -0.3 is 11.1 Å². The number of nitrogens with two attached hydrogens (primary N) is 1. The lowest BCUT2D eigenvalue weighted by Crippen LogP contribution is -2.36. The third kappa shape index (κ3) is 3.40. The summed E-state index contributed by atoms with van der Waals surface area (Å²) >= 11 is 0. The molecule has 0 radical (unpaired) electrons. The predicted octanol–water partition coefficient (Wildman–Crippen LogP) is 2.73.